The molecule has 2 heteroatoms. The summed E-state index contributed by atoms with van der Waals surface area (Å²) in [6.07, 6.45) is 0. The van der Waals surface area contributed by atoms with Crippen LogP contribution >= 0.6 is 0 Å². The zero-order chi connectivity index (χ0) is 22.1. The summed E-state index contributed by atoms with van der Waals surface area (Å²) in [5.74, 6) is 0.209. The zero-order valence-electron chi connectivity index (χ0n) is 19.1. The molecular formula is C27H37NO. The van der Waals surface area contributed by atoms with Gasteiger partial charge in [0.25, 0.3) is 0 Å². The first kappa shape index (κ1) is 26.1. The number of methoxy groups -OCH3 is 1. The van der Waals surface area contributed by atoms with Gasteiger partial charge in [-0.25, -0.2) is 0 Å². The molecule has 29 heavy (non-hydrogen) atoms. The van der Waals surface area contributed by atoms with Crippen molar-refractivity contribution in [2.75, 3.05) is 7.11 Å². The molecule has 0 amide bonds. The van der Waals surface area contributed by atoms with Gasteiger partial charge in [-0.15, -0.1) is 0 Å². The molecule has 0 aliphatic rings. The summed E-state index contributed by atoms with van der Waals surface area (Å²) < 4.78 is 5.46. The van der Waals surface area contributed by atoms with Gasteiger partial charge in [-0.05, 0) is 16.7 Å². The Kier molecular flexibility index (Phi) is 13.6. The van der Waals surface area contributed by atoms with Crippen LogP contribution in [-0.2, 0) is 10.2 Å². The predicted molar refractivity (Wildman–Crippen MR) is 128 cm³/mol. The molecule has 2 nitrogen and oxygen atoms in total. The number of benzene rings is 3. The van der Waals surface area contributed by atoms with E-state index >= 15 is 0 Å². The molecule has 3 aromatic carbocycles. The average Bonchev–Trinajstić information content (AvgIpc) is 2.85. The van der Waals surface area contributed by atoms with Crippen LogP contribution in [0.4, 0.5) is 0 Å². The lowest BCUT2D eigenvalue weighted by Gasteiger charge is -2.35. The standard InChI is InChI=1S/C21H19NO.3C2H6/c1-23-20(22)21(17-11-5-2-6-12-17,18-13-7-3-8-14-18)19-15-9-4-10-16-19;3*1-2/h2-16,22H,1H3;3*1-2H3. The molecule has 0 saturated carbocycles. The van der Waals surface area contributed by atoms with Gasteiger partial charge in [0.2, 0.25) is 0 Å². The fraction of sp³-hybridized carbons (Fsp3) is 0.296. The molecule has 0 fully saturated rings. The van der Waals surface area contributed by atoms with Crippen LogP contribution in [0.1, 0.15) is 58.2 Å². The lowest BCUT2D eigenvalue weighted by Crippen LogP contribution is -2.39. The van der Waals surface area contributed by atoms with E-state index in [1.165, 1.54) is 0 Å². The van der Waals surface area contributed by atoms with Crippen molar-refractivity contribution in [3.63, 3.8) is 0 Å². The van der Waals surface area contributed by atoms with E-state index in [-0.39, 0.29) is 5.90 Å². The van der Waals surface area contributed by atoms with Gasteiger partial charge in [0.15, 0.2) is 5.90 Å². The first-order chi connectivity index (χ1) is 14.3. The molecule has 0 bridgehead atoms. The predicted octanol–water partition coefficient (Wildman–Crippen LogP) is 7.72. The van der Waals surface area contributed by atoms with Crippen LogP contribution in [0, 0.1) is 5.41 Å². The van der Waals surface area contributed by atoms with Crippen LogP contribution in [0.3, 0.4) is 0 Å². The summed E-state index contributed by atoms with van der Waals surface area (Å²) in [7, 11) is 1.56. The van der Waals surface area contributed by atoms with Gasteiger partial charge in [-0.3, -0.25) is 5.41 Å². The van der Waals surface area contributed by atoms with Crippen LogP contribution < -0.4 is 0 Å². The van der Waals surface area contributed by atoms with Gasteiger partial charge in [-0.1, -0.05) is 133 Å². The Labute approximate surface area is 178 Å². The average molecular weight is 392 g/mol. The molecule has 0 saturated heterocycles. The van der Waals surface area contributed by atoms with Crippen LogP contribution in [0.25, 0.3) is 0 Å². The Morgan fingerprint density at radius 2 is 0.793 bits per heavy atom. The second-order valence-corrected chi connectivity index (χ2v) is 5.38. The van der Waals surface area contributed by atoms with E-state index < -0.39 is 5.41 Å². The largest absolute Gasteiger partial charge is 0.483 e. The van der Waals surface area contributed by atoms with E-state index in [4.69, 9.17) is 10.1 Å². The molecule has 1 N–H and O–H groups in total. The van der Waals surface area contributed by atoms with Crippen molar-refractivity contribution in [3.8, 4) is 0 Å². The van der Waals surface area contributed by atoms with Crippen molar-refractivity contribution < 1.29 is 4.74 Å². The normalized spacial score (nSPS) is 9.34. The molecule has 0 radical (unpaired) electrons. The second kappa shape index (κ2) is 15.1. The maximum atomic E-state index is 8.63. The Bertz CT molecular complexity index is 671. The topological polar surface area (TPSA) is 33.1 Å². The number of hydrogen-bond donors (Lipinski definition) is 1. The summed E-state index contributed by atoms with van der Waals surface area (Å²) in [5, 5.41) is 8.63. The van der Waals surface area contributed by atoms with Crippen LogP contribution in [0.5, 0.6) is 0 Å². The summed E-state index contributed by atoms with van der Waals surface area (Å²) in [5.41, 5.74) is 2.30. The Balaban J connectivity index is 0.00000120. The highest BCUT2D eigenvalue weighted by Crippen LogP contribution is 2.40. The minimum absolute atomic E-state index is 0.209. The molecule has 0 aliphatic heterocycles. The minimum atomic E-state index is -0.751. The van der Waals surface area contributed by atoms with Crippen molar-refractivity contribution in [2.45, 2.75) is 47.0 Å². The number of rotatable bonds is 4. The summed E-state index contributed by atoms with van der Waals surface area (Å²) in [6, 6.07) is 30.2. The number of nitrogens with one attached hydrogen (secondary N) is 1. The van der Waals surface area contributed by atoms with Gasteiger partial charge in [0.1, 0.15) is 5.41 Å². The quantitative estimate of drug-likeness (QED) is 0.275. The van der Waals surface area contributed by atoms with Gasteiger partial charge in [0.05, 0.1) is 7.11 Å². The van der Waals surface area contributed by atoms with Gasteiger partial charge in [0, 0.05) is 0 Å². The smallest absolute Gasteiger partial charge is 0.200 e. The van der Waals surface area contributed by atoms with E-state index in [1.807, 2.05) is 133 Å². The first-order valence-corrected chi connectivity index (χ1v) is 10.6. The van der Waals surface area contributed by atoms with Crippen molar-refractivity contribution in [2.24, 2.45) is 0 Å². The Morgan fingerprint density at radius 1 is 0.552 bits per heavy atom. The monoisotopic (exact) mass is 391 g/mol. The summed E-state index contributed by atoms with van der Waals surface area (Å²) in [4.78, 5) is 0. The van der Waals surface area contributed by atoms with E-state index in [0.717, 1.165) is 16.7 Å². The van der Waals surface area contributed by atoms with Crippen LogP contribution in [-0.4, -0.2) is 13.0 Å². The Morgan fingerprint density at radius 3 is 1.00 bits per heavy atom. The zero-order valence-corrected chi connectivity index (χ0v) is 19.1. The minimum Gasteiger partial charge on any atom is -0.483 e. The SMILES string of the molecule is CC.CC.CC.COC(=N)C(c1ccccc1)(c1ccccc1)c1ccccc1. The van der Waals surface area contributed by atoms with E-state index in [9.17, 15) is 0 Å². The molecule has 0 heterocycles. The molecule has 3 aromatic rings. The molecule has 156 valence electrons. The maximum absolute atomic E-state index is 8.63. The van der Waals surface area contributed by atoms with Crippen molar-refractivity contribution in [1.82, 2.24) is 0 Å². The van der Waals surface area contributed by atoms with E-state index in [2.05, 4.69) is 0 Å². The highest BCUT2D eigenvalue weighted by Gasteiger charge is 2.42. The molecule has 0 atom stereocenters. The van der Waals surface area contributed by atoms with Crippen molar-refractivity contribution in [3.05, 3.63) is 108 Å². The third-order valence-electron chi connectivity index (χ3n) is 4.17. The molecule has 0 unspecified atom stereocenters. The Hall–Kier alpha value is -2.87. The maximum Gasteiger partial charge on any atom is 0.200 e. The summed E-state index contributed by atoms with van der Waals surface area (Å²) in [6.45, 7) is 12.0. The van der Waals surface area contributed by atoms with Crippen molar-refractivity contribution in [1.29, 1.82) is 5.41 Å². The molecule has 0 aromatic heterocycles. The van der Waals surface area contributed by atoms with Crippen LogP contribution in [0.2, 0.25) is 0 Å². The van der Waals surface area contributed by atoms with Crippen molar-refractivity contribution >= 4 is 5.90 Å². The third kappa shape index (κ3) is 6.05. The first-order valence-electron chi connectivity index (χ1n) is 10.6. The lowest BCUT2D eigenvalue weighted by atomic mass is 9.69. The molecular weight excluding hydrogens is 354 g/mol. The second-order valence-electron chi connectivity index (χ2n) is 5.38. The van der Waals surface area contributed by atoms with E-state index in [0.29, 0.717) is 0 Å². The molecule has 0 spiro atoms. The molecule has 0 aliphatic carbocycles. The fourth-order valence-corrected chi connectivity index (χ4v) is 3.11. The number of ether oxygens (including phenoxy) is 1. The van der Waals surface area contributed by atoms with Gasteiger partial charge in [-0.2, -0.15) is 0 Å². The van der Waals surface area contributed by atoms with E-state index in [1.54, 1.807) is 7.11 Å². The highest BCUT2D eigenvalue weighted by atomic mass is 16.5. The highest BCUT2D eigenvalue weighted by molar-refractivity contribution is 5.94. The van der Waals surface area contributed by atoms with Gasteiger partial charge >= 0.3 is 0 Å². The third-order valence-corrected chi connectivity index (χ3v) is 4.17. The molecule has 3 rings (SSSR count). The van der Waals surface area contributed by atoms with Gasteiger partial charge < -0.3 is 4.74 Å². The van der Waals surface area contributed by atoms with Crippen LogP contribution in [0.15, 0.2) is 91.0 Å². The lowest BCUT2D eigenvalue weighted by molar-refractivity contribution is 0.368. The summed E-state index contributed by atoms with van der Waals surface area (Å²) >= 11 is 0. The fourth-order valence-electron chi connectivity index (χ4n) is 3.11. The number of hydrogen-bond acceptors (Lipinski definition) is 2.